The maximum Gasteiger partial charge on any atom is 0.348 e. The first-order valence-electron chi connectivity index (χ1n) is 8.06. The molecule has 0 atom stereocenters. The number of hydrogen-bond donors (Lipinski definition) is 0. The molecule has 0 bridgehead atoms. The van der Waals surface area contributed by atoms with E-state index in [0.717, 1.165) is 28.7 Å². The highest BCUT2D eigenvalue weighted by Gasteiger charge is 2.18. The minimum absolute atomic E-state index is 0.197. The van der Waals surface area contributed by atoms with Crippen LogP contribution < -0.4 is 0 Å². The first kappa shape index (κ1) is 14.5. The summed E-state index contributed by atoms with van der Waals surface area (Å²) in [5.74, 6) is -0.197. The summed E-state index contributed by atoms with van der Waals surface area (Å²) in [6, 6.07) is 16.3. The van der Waals surface area contributed by atoms with Gasteiger partial charge in [0.25, 0.3) is 0 Å². The molecule has 0 fully saturated rings. The fourth-order valence-electron chi connectivity index (χ4n) is 3.22. The van der Waals surface area contributed by atoms with Crippen LogP contribution in [-0.4, -0.2) is 5.97 Å². The van der Waals surface area contributed by atoms with E-state index in [4.69, 9.17) is 4.74 Å². The zero-order valence-corrected chi connectivity index (χ0v) is 13.7. The summed E-state index contributed by atoms with van der Waals surface area (Å²) in [4.78, 5) is 14.5. The Bertz CT molecular complexity index is 834. The molecule has 0 amide bonds. The normalized spacial score (nSPS) is 13.7. The van der Waals surface area contributed by atoms with Crippen molar-refractivity contribution in [3.63, 3.8) is 0 Å². The lowest BCUT2D eigenvalue weighted by Gasteiger charge is -2.08. The van der Waals surface area contributed by atoms with Crippen LogP contribution in [0.1, 0.15) is 38.5 Å². The number of benzene rings is 2. The quantitative estimate of drug-likeness (QED) is 0.624. The molecule has 0 aliphatic heterocycles. The monoisotopic (exact) mass is 322 g/mol. The van der Waals surface area contributed by atoms with Crippen LogP contribution in [0.5, 0.6) is 0 Å². The Balaban J connectivity index is 1.52. The van der Waals surface area contributed by atoms with Gasteiger partial charge in [0.15, 0.2) is 0 Å². The van der Waals surface area contributed by atoms with E-state index in [2.05, 4.69) is 18.2 Å². The van der Waals surface area contributed by atoms with Gasteiger partial charge in [0.05, 0.1) is 0 Å². The van der Waals surface area contributed by atoms with Crippen LogP contribution in [0.4, 0.5) is 0 Å². The lowest BCUT2D eigenvalue weighted by molar-refractivity contribution is 0.0480. The van der Waals surface area contributed by atoms with Crippen molar-refractivity contribution in [1.82, 2.24) is 0 Å². The van der Waals surface area contributed by atoms with Crippen molar-refractivity contribution in [2.45, 2.75) is 32.3 Å². The molecule has 0 N–H and O–H groups in total. The number of carbonyl (C=O) groups is 1. The molecule has 23 heavy (non-hydrogen) atoms. The van der Waals surface area contributed by atoms with Crippen molar-refractivity contribution in [3.05, 3.63) is 69.4 Å². The van der Waals surface area contributed by atoms with E-state index in [0.29, 0.717) is 6.61 Å². The highest BCUT2D eigenvalue weighted by atomic mass is 32.1. The molecule has 2 aromatic carbocycles. The third-order valence-electron chi connectivity index (χ3n) is 4.44. The van der Waals surface area contributed by atoms with Crippen molar-refractivity contribution >= 4 is 28.1 Å². The summed E-state index contributed by atoms with van der Waals surface area (Å²) < 4.78 is 5.57. The molecule has 0 saturated heterocycles. The Hall–Kier alpha value is -2.13. The van der Waals surface area contributed by atoms with Gasteiger partial charge in [-0.3, -0.25) is 0 Å². The zero-order valence-electron chi connectivity index (χ0n) is 12.9. The molecule has 0 saturated carbocycles. The first-order valence-corrected chi connectivity index (χ1v) is 8.88. The van der Waals surface area contributed by atoms with Crippen LogP contribution in [0.25, 0.3) is 10.8 Å². The molecule has 4 rings (SSSR count). The highest BCUT2D eigenvalue weighted by Crippen LogP contribution is 2.30. The van der Waals surface area contributed by atoms with Crippen molar-refractivity contribution in [1.29, 1.82) is 0 Å². The van der Waals surface area contributed by atoms with E-state index in [1.807, 2.05) is 30.3 Å². The Morgan fingerprint density at radius 2 is 1.87 bits per heavy atom. The SMILES string of the molecule is O=C(OCc1cccc2ccccc12)c1cc2c(s1)CCCC2. The Labute approximate surface area is 139 Å². The van der Waals surface area contributed by atoms with Gasteiger partial charge in [-0.2, -0.15) is 0 Å². The van der Waals surface area contributed by atoms with E-state index in [1.165, 1.54) is 28.7 Å². The molecule has 0 radical (unpaired) electrons. The molecule has 1 aliphatic rings. The number of hydrogen-bond acceptors (Lipinski definition) is 3. The van der Waals surface area contributed by atoms with Gasteiger partial charge in [0.1, 0.15) is 11.5 Å². The average molecular weight is 322 g/mol. The Morgan fingerprint density at radius 1 is 1.04 bits per heavy atom. The number of fused-ring (bicyclic) bond motifs is 2. The zero-order chi connectivity index (χ0) is 15.6. The average Bonchev–Trinajstić information content (AvgIpc) is 3.04. The summed E-state index contributed by atoms with van der Waals surface area (Å²) >= 11 is 1.61. The highest BCUT2D eigenvalue weighted by molar-refractivity contribution is 7.14. The molecule has 0 unspecified atom stereocenters. The molecule has 1 aliphatic carbocycles. The summed E-state index contributed by atoms with van der Waals surface area (Å²) in [5, 5.41) is 2.32. The predicted molar refractivity (Wildman–Crippen MR) is 94.0 cm³/mol. The van der Waals surface area contributed by atoms with Gasteiger partial charge in [0.2, 0.25) is 0 Å². The van der Waals surface area contributed by atoms with Crippen LogP contribution in [0.3, 0.4) is 0 Å². The molecule has 0 spiro atoms. The first-order chi connectivity index (χ1) is 11.3. The van der Waals surface area contributed by atoms with Crippen molar-refractivity contribution in [2.24, 2.45) is 0 Å². The topological polar surface area (TPSA) is 26.3 Å². The molecule has 1 aromatic heterocycles. The molecular formula is C20H18O2S. The third-order valence-corrected chi connectivity index (χ3v) is 5.65. The second-order valence-corrected chi connectivity index (χ2v) is 7.12. The van der Waals surface area contributed by atoms with Gasteiger partial charge < -0.3 is 4.74 Å². The predicted octanol–water partition coefficient (Wildman–Crippen LogP) is 5.14. The number of esters is 1. The number of rotatable bonds is 3. The van der Waals surface area contributed by atoms with E-state index in [1.54, 1.807) is 11.3 Å². The second-order valence-electron chi connectivity index (χ2n) is 5.98. The van der Waals surface area contributed by atoms with E-state index in [9.17, 15) is 4.79 Å². The molecule has 1 heterocycles. The summed E-state index contributed by atoms with van der Waals surface area (Å²) in [7, 11) is 0. The van der Waals surface area contributed by atoms with Crippen LogP contribution >= 0.6 is 11.3 Å². The number of aryl methyl sites for hydroxylation is 2. The lowest BCUT2D eigenvalue weighted by atomic mass is 9.99. The smallest absolute Gasteiger partial charge is 0.348 e. The Kier molecular flexibility index (Phi) is 3.88. The number of ether oxygens (including phenoxy) is 1. The van der Waals surface area contributed by atoms with Crippen molar-refractivity contribution in [2.75, 3.05) is 0 Å². The second kappa shape index (κ2) is 6.17. The van der Waals surface area contributed by atoms with Gasteiger partial charge >= 0.3 is 5.97 Å². The molecule has 2 nitrogen and oxygen atoms in total. The summed E-state index contributed by atoms with van der Waals surface area (Å²) in [6.07, 6.45) is 4.67. The molecule has 3 heteroatoms. The van der Waals surface area contributed by atoms with Crippen LogP contribution in [-0.2, 0) is 24.2 Å². The van der Waals surface area contributed by atoms with Crippen LogP contribution in [0.2, 0.25) is 0 Å². The lowest BCUT2D eigenvalue weighted by Crippen LogP contribution is -2.03. The summed E-state index contributed by atoms with van der Waals surface area (Å²) in [6.45, 7) is 0.322. The fourth-order valence-corrected chi connectivity index (χ4v) is 4.37. The van der Waals surface area contributed by atoms with Gasteiger partial charge in [-0.1, -0.05) is 42.5 Å². The van der Waals surface area contributed by atoms with E-state index in [-0.39, 0.29) is 5.97 Å². The fraction of sp³-hybridized carbons (Fsp3) is 0.250. The van der Waals surface area contributed by atoms with Gasteiger partial charge in [-0.15, -0.1) is 11.3 Å². The molecule has 3 aromatic rings. The minimum atomic E-state index is -0.197. The van der Waals surface area contributed by atoms with Crippen molar-refractivity contribution < 1.29 is 9.53 Å². The van der Waals surface area contributed by atoms with E-state index >= 15 is 0 Å². The largest absolute Gasteiger partial charge is 0.457 e. The van der Waals surface area contributed by atoms with Gasteiger partial charge in [0, 0.05) is 4.88 Å². The van der Waals surface area contributed by atoms with Gasteiger partial charge in [-0.25, -0.2) is 4.79 Å². The maximum absolute atomic E-state index is 12.4. The molecule has 116 valence electrons. The number of carbonyl (C=O) groups excluding carboxylic acids is 1. The van der Waals surface area contributed by atoms with Crippen molar-refractivity contribution in [3.8, 4) is 0 Å². The standard InChI is InChI=1S/C20H18O2S/c21-20(19-12-15-7-2-4-11-18(15)23-19)22-13-16-9-5-8-14-6-1-3-10-17(14)16/h1,3,5-6,8-10,12H,2,4,7,11,13H2. The number of thiophene rings is 1. The van der Waals surface area contributed by atoms with E-state index < -0.39 is 0 Å². The summed E-state index contributed by atoms with van der Waals surface area (Å²) in [5.41, 5.74) is 2.40. The Morgan fingerprint density at radius 3 is 2.78 bits per heavy atom. The van der Waals surface area contributed by atoms with Crippen LogP contribution in [0.15, 0.2) is 48.5 Å². The molecular weight excluding hydrogens is 304 g/mol. The van der Waals surface area contributed by atoms with Gasteiger partial charge in [-0.05, 0) is 53.6 Å². The minimum Gasteiger partial charge on any atom is -0.457 e. The maximum atomic E-state index is 12.4. The van der Waals surface area contributed by atoms with Crippen LogP contribution in [0, 0.1) is 0 Å². The third kappa shape index (κ3) is 2.89.